The quantitative estimate of drug-likeness (QED) is 0.134. The normalized spacial score (nSPS) is 15.6. The molecule has 1 aliphatic rings. The van der Waals surface area contributed by atoms with Crippen LogP contribution in [-0.2, 0) is 11.3 Å². The number of furan rings is 1. The second-order valence-corrected chi connectivity index (χ2v) is 10.2. The number of rotatable bonds is 6. The SMILES string of the molecule is Cc1ccc(N=C2S/C(=C/c3ccc(-c4ccc([N+](=O)[O-])cc4Br)o3)C(=O)N2Cc2ccccc2)cc1. The van der Waals surface area contributed by atoms with Crippen LogP contribution in [0.4, 0.5) is 11.4 Å². The number of carbonyl (C=O) groups excluding carboxylic acids is 1. The number of nitro groups is 1. The molecular weight excluding hydrogens is 554 g/mol. The Kier molecular flexibility index (Phi) is 7.07. The highest BCUT2D eigenvalue weighted by molar-refractivity contribution is 9.10. The second kappa shape index (κ2) is 10.6. The molecule has 0 aliphatic carbocycles. The van der Waals surface area contributed by atoms with Crippen LogP contribution in [0.1, 0.15) is 16.9 Å². The van der Waals surface area contributed by atoms with Crippen molar-refractivity contribution in [3.8, 4) is 11.3 Å². The summed E-state index contributed by atoms with van der Waals surface area (Å²) in [6, 6.07) is 25.6. The average molecular weight is 574 g/mol. The molecule has 0 unspecified atom stereocenters. The van der Waals surface area contributed by atoms with Crippen LogP contribution in [-0.4, -0.2) is 20.9 Å². The van der Waals surface area contributed by atoms with Gasteiger partial charge in [0, 0.05) is 28.2 Å². The van der Waals surface area contributed by atoms with Gasteiger partial charge in [-0.3, -0.25) is 19.8 Å². The van der Waals surface area contributed by atoms with Gasteiger partial charge in [-0.05, 0) is 70.5 Å². The number of aryl methyl sites for hydroxylation is 1. The summed E-state index contributed by atoms with van der Waals surface area (Å²) in [6.45, 7) is 2.41. The monoisotopic (exact) mass is 573 g/mol. The fourth-order valence-corrected chi connectivity index (χ4v) is 5.29. The topological polar surface area (TPSA) is 89.0 Å². The molecule has 1 saturated heterocycles. The van der Waals surface area contributed by atoms with Gasteiger partial charge in [0.15, 0.2) is 5.17 Å². The van der Waals surface area contributed by atoms with Crippen LogP contribution in [0.15, 0.2) is 104 Å². The lowest BCUT2D eigenvalue weighted by Crippen LogP contribution is -2.28. The third kappa shape index (κ3) is 5.58. The van der Waals surface area contributed by atoms with Crippen molar-refractivity contribution in [2.24, 2.45) is 4.99 Å². The van der Waals surface area contributed by atoms with Crippen molar-refractivity contribution in [2.45, 2.75) is 13.5 Å². The molecular formula is C28H20BrN3O4S. The predicted octanol–water partition coefficient (Wildman–Crippen LogP) is 7.73. The van der Waals surface area contributed by atoms with E-state index in [1.165, 1.54) is 23.9 Å². The average Bonchev–Trinajstić information content (AvgIpc) is 3.46. The van der Waals surface area contributed by atoms with Crippen LogP contribution >= 0.6 is 27.7 Å². The van der Waals surface area contributed by atoms with E-state index in [1.54, 1.807) is 29.2 Å². The number of amidine groups is 1. The number of thioether (sulfide) groups is 1. The summed E-state index contributed by atoms with van der Waals surface area (Å²) >= 11 is 4.68. The van der Waals surface area contributed by atoms with E-state index in [4.69, 9.17) is 9.41 Å². The largest absolute Gasteiger partial charge is 0.457 e. The highest BCUT2D eigenvalue weighted by Gasteiger charge is 2.34. The number of aliphatic imine (C=N–C) groups is 1. The first-order valence-corrected chi connectivity index (χ1v) is 12.9. The first kappa shape index (κ1) is 24.7. The molecule has 5 rings (SSSR count). The number of amides is 1. The molecule has 1 amide bonds. The van der Waals surface area contributed by atoms with Gasteiger partial charge in [0.05, 0.1) is 22.1 Å². The van der Waals surface area contributed by atoms with Crippen molar-refractivity contribution in [2.75, 3.05) is 0 Å². The number of halogens is 1. The van der Waals surface area contributed by atoms with Crippen molar-refractivity contribution in [3.63, 3.8) is 0 Å². The zero-order chi connectivity index (χ0) is 25.9. The van der Waals surface area contributed by atoms with Gasteiger partial charge in [-0.15, -0.1) is 0 Å². The van der Waals surface area contributed by atoms with Gasteiger partial charge >= 0.3 is 0 Å². The molecule has 1 aliphatic heterocycles. The standard InChI is InChI=1S/C28H20BrN3O4S/c1-18-7-9-20(10-8-18)30-28-31(17-19-5-3-2-4-6-19)27(33)26(37-28)16-22-12-14-25(36-22)23-13-11-21(32(34)35)15-24(23)29/h2-16H,17H2,1H3/b26-16+,30-28?. The van der Waals surface area contributed by atoms with E-state index in [1.807, 2.05) is 61.5 Å². The molecule has 184 valence electrons. The van der Waals surface area contributed by atoms with Crippen LogP contribution in [0, 0.1) is 17.0 Å². The van der Waals surface area contributed by atoms with Crippen LogP contribution < -0.4 is 0 Å². The van der Waals surface area contributed by atoms with E-state index in [0.29, 0.717) is 38.2 Å². The smallest absolute Gasteiger partial charge is 0.270 e. The number of benzene rings is 3. The highest BCUT2D eigenvalue weighted by atomic mass is 79.9. The Morgan fingerprint density at radius 1 is 1.05 bits per heavy atom. The molecule has 37 heavy (non-hydrogen) atoms. The minimum Gasteiger partial charge on any atom is -0.457 e. The molecule has 0 saturated carbocycles. The third-order valence-corrected chi connectivity index (χ3v) is 7.32. The van der Waals surface area contributed by atoms with E-state index in [-0.39, 0.29) is 11.6 Å². The van der Waals surface area contributed by atoms with E-state index in [0.717, 1.165) is 16.8 Å². The summed E-state index contributed by atoms with van der Waals surface area (Å²) in [7, 11) is 0. The van der Waals surface area contributed by atoms with Gasteiger partial charge in [0.25, 0.3) is 11.6 Å². The minimum atomic E-state index is -0.452. The molecule has 1 fully saturated rings. The predicted molar refractivity (Wildman–Crippen MR) is 149 cm³/mol. The molecule has 4 aromatic rings. The molecule has 0 spiro atoms. The first-order valence-electron chi connectivity index (χ1n) is 11.3. The van der Waals surface area contributed by atoms with Crippen molar-refractivity contribution in [3.05, 3.63) is 121 Å². The Labute approximate surface area is 225 Å². The van der Waals surface area contributed by atoms with Gasteiger partial charge in [-0.25, -0.2) is 4.99 Å². The number of nitrogens with zero attached hydrogens (tertiary/aromatic N) is 3. The Hall–Kier alpha value is -3.95. The number of carbonyl (C=O) groups is 1. The van der Waals surface area contributed by atoms with E-state index in [9.17, 15) is 14.9 Å². The van der Waals surface area contributed by atoms with Crippen molar-refractivity contribution < 1.29 is 14.1 Å². The molecule has 1 aromatic heterocycles. The fourth-order valence-electron chi connectivity index (χ4n) is 3.75. The molecule has 2 heterocycles. The molecule has 0 bridgehead atoms. The summed E-state index contributed by atoms with van der Waals surface area (Å²) in [4.78, 5) is 30.9. The van der Waals surface area contributed by atoms with Gasteiger partial charge in [0.2, 0.25) is 0 Å². The van der Waals surface area contributed by atoms with Gasteiger partial charge < -0.3 is 4.42 Å². The maximum Gasteiger partial charge on any atom is 0.270 e. The lowest BCUT2D eigenvalue weighted by molar-refractivity contribution is -0.384. The zero-order valence-corrected chi connectivity index (χ0v) is 22.0. The second-order valence-electron chi connectivity index (χ2n) is 8.34. The van der Waals surface area contributed by atoms with Crippen molar-refractivity contribution in [1.29, 1.82) is 0 Å². The van der Waals surface area contributed by atoms with Crippen LogP contribution in [0.5, 0.6) is 0 Å². The number of hydrogen-bond acceptors (Lipinski definition) is 6. The molecule has 3 aromatic carbocycles. The van der Waals surface area contributed by atoms with Crippen LogP contribution in [0.25, 0.3) is 17.4 Å². The first-order chi connectivity index (χ1) is 17.9. The summed E-state index contributed by atoms with van der Waals surface area (Å²) in [5.41, 5.74) is 3.56. The molecule has 0 N–H and O–H groups in total. The summed E-state index contributed by atoms with van der Waals surface area (Å²) in [5, 5.41) is 11.6. The lowest BCUT2D eigenvalue weighted by atomic mass is 10.1. The number of hydrogen-bond donors (Lipinski definition) is 0. The Morgan fingerprint density at radius 2 is 1.81 bits per heavy atom. The van der Waals surface area contributed by atoms with Crippen molar-refractivity contribution >= 4 is 56.2 Å². The number of non-ortho nitro benzene ring substituents is 1. The Morgan fingerprint density at radius 3 is 2.51 bits per heavy atom. The van der Waals surface area contributed by atoms with Crippen LogP contribution in [0.3, 0.4) is 0 Å². The Balaban J connectivity index is 1.45. The highest BCUT2D eigenvalue weighted by Crippen LogP contribution is 2.37. The molecule has 0 atom stereocenters. The summed E-state index contributed by atoms with van der Waals surface area (Å²) in [5.74, 6) is 0.861. The van der Waals surface area contributed by atoms with Gasteiger partial charge in [0.1, 0.15) is 11.5 Å². The lowest BCUT2D eigenvalue weighted by Gasteiger charge is -2.15. The van der Waals surface area contributed by atoms with Crippen molar-refractivity contribution in [1.82, 2.24) is 4.90 Å². The van der Waals surface area contributed by atoms with Gasteiger partial charge in [-0.1, -0.05) is 48.0 Å². The molecule has 0 radical (unpaired) electrons. The maximum absolute atomic E-state index is 13.4. The van der Waals surface area contributed by atoms with E-state index in [2.05, 4.69) is 15.9 Å². The van der Waals surface area contributed by atoms with Crippen LogP contribution in [0.2, 0.25) is 0 Å². The van der Waals surface area contributed by atoms with Gasteiger partial charge in [-0.2, -0.15) is 0 Å². The number of nitro benzene ring substituents is 1. The van der Waals surface area contributed by atoms with E-state index < -0.39 is 4.92 Å². The summed E-state index contributed by atoms with van der Waals surface area (Å²) < 4.78 is 6.53. The summed E-state index contributed by atoms with van der Waals surface area (Å²) in [6.07, 6.45) is 1.70. The molecule has 7 nitrogen and oxygen atoms in total. The third-order valence-electron chi connectivity index (χ3n) is 5.66. The fraction of sp³-hybridized carbons (Fsp3) is 0.0714. The Bertz CT molecular complexity index is 1550. The zero-order valence-electron chi connectivity index (χ0n) is 19.6. The van der Waals surface area contributed by atoms with E-state index >= 15 is 0 Å². The molecule has 9 heteroatoms. The maximum atomic E-state index is 13.4. The minimum absolute atomic E-state index is 0.0172.